The van der Waals surface area contributed by atoms with E-state index in [1.807, 2.05) is 18.2 Å². The minimum absolute atomic E-state index is 0.250. The van der Waals surface area contributed by atoms with Crippen molar-refractivity contribution in [2.24, 2.45) is 0 Å². The number of benzene rings is 1. The lowest BCUT2D eigenvalue weighted by Gasteiger charge is -2.38. The SMILES string of the molecule is O=C1NC(=O)C2(CCCN(c3ncnc4ccc(I)cc34)C2)N1. The van der Waals surface area contributed by atoms with Gasteiger partial charge in [0.25, 0.3) is 5.91 Å². The molecule has 118 valence electrons. The number of urea groups is 1. The highest BCUT2D eigenvalue weighted by Crippen LogP contribution is 2.31. The predicted molar refractivity (Wildman–Crippen MR) is 93.1 cm³/mol. The normalized spacial score (nSPS) is 24.1. The first-order chi connectivity index (χ1) is 11.1. The lowest BCUT2D eigenvalue weighted by atomic mass is 9.89. The molecule has 3 amide bonds. The number of anilines is 1. The van der Waals surface area contributed by atoms with Gasteiger partial charge in [0.15, 0.2) is 0 Å². The Bertz CT molecular complexity index is 827. The zero-order valence-electron chi connectivity index (χ0n) is 12.2. The molecule has 0 saturated carbocycles. The Hall–Kier alpha value is -1.97. The standard InChI is InChI=1S/C15H14IN5O2/c16-9-2-3-11-10(6-9)12(18-8-17-11)21-5-1-4-15(7-21)13(22)19-14(23)20-15/h2-3,6,8H,1,4-5,7H2,(H2,19,20,22,23). The van der Waals surface area contributed by atoms with Gasteiger partial charge in [-0.05, 0) is 53.6 Å². The molecule has 2 aliphatic rings. The van der Waals surface area contributed by atoms with Crippen molar-refractivity contribution in [3.63, 3.8) is 0 Å². The molecule has 7 nitrogen and oxygen atoms in total. The molecule has 1 unspecified atom stereocenters. The number of imide groups is 1. The summed E-state index contributed by atoms with van der Waals surface area (Å²) in [5, 5.41) is 6.10. The summed E-state index contributed by atoms with van der Waals surface area (Å²) in [6, 6.07) is 5.59. The number of rotatable bonds is 1. The van der Waals surface area contributed by atoms with Crippen LogP contribution >= 0.6 is 22.6 Å². The van der Waals surface area contributed by atoms with Crippen molar-refractivity contribution in [1.29, 1.82) is 0 Å². The van der Waals surface area contributed by atoms with Gasteiger partial charge in [-0.15, -0.1) is 0 Å². The molecule has 4 rings (SSSR count). The predicted octanol–water partition coefficient (Wildman–Crippen LogP) is 1.41. The van der Waals surface area contributed by atoms with Crippen molar-refractivity contribution in [3.8, 4) is 0 Å². The van der Waals surface area contributed by atoms with Gasteiger partial charge in [-0.1, -0.05) is 0 Å². The second kappa shape index (κ2) is 5.29. The number of fused-ring (bicyclic) bond motifs is 1. The smallest absolute Gasteiger partial charge is 0.322 e. The highest BCUT2D eigenvalue weighted by atomic mass is 127. The Morgan fingerprint density at radius 1 is 1.26 bits per heavy atom. The quantitative estimate of drug-likeness (QED) is 0.535. The van der Waals surface area contributed by atoms with Crippen molar-refractivity contribution in [3.05, 3.63) is 28.1 Å². The van der Waals surface area contributed by atoms with Crippen LogP contribution in [-0.2, 0) is 4.79 Å². The van der Waals surface area contributed by atoms with Gasteiger partial charge in [0, 0.05) is 15.5 Å². The average Bonchev–Trinajstić information content (AvgIpc) is 2.80. The first-order valence-corrected chi connectivity index (χ1v) is 8.44. The minimum atomic E-state index is -0.853. The molecule has 23 heavy (non-hydrogen) atoms. The van der Waals surface area contributed by atoms with Crippen molar-refractivity contribution in [1.82, 2.24) is 20.6 Å². The van der Waals surface area contributed by atoms with Gasteiger partial charge in [0.2, 0.25) is 0 Å². The summed E-state index contributed by atoms with van der Waals surface area (Å²) in [4.78, 5) is 34.5. The molecular formula is C15H14IN5O2. The number of nitrogens with one attached hydrogen (secondary N) is 2. The zero-order valence-corrected chi connectivity index (χ0v) is 14.3. The van der Waals surface area contributed by atoms with E-state index >= 15 is 0 Å². The highest BCUT2D eigenvalue weighted by Gasteiger charge is 2.49. The maximum Gasteiger partial charge on any atom is 0.322 e. The molecule has 2 N–H and O–H groups in total. The third-order valence-electron chi connectivity index (χ3n) is 4.38. The van der Waals surface area contributed by atoms with Crippen molar-refractivity contribution in [2.45, 2.75) is 18.4 Å². The second-order valence-electron chi connectivity index (χ2n) is 5.87. The van der Waals surface area contributed by atoms with Crippen molar-refractivity contribution in [2.75, 3.05) is 18.0 Å². The van der Waals surface area contributed by atoms with Crippen LogP contribution < -0.4 is 15.5 Å². The fourth-order valence-electron chi connectivity index (χ4n) is 3.32. The van der Waals surface area contributed by atoms with Gasteiger partial charge in [-0.25, -0.2) is 14.8 Å². The van der Waals surface area contributed by atoms with Crippen LogP contribution in [0.15, 0.2) is 24.5 Å². The Labute approximate surface area is 146 Å². The van der Waals surface area contributed by atoms with Crippen LogP contribution in [0.2, 0.25) is 0 Å². The van der Waals surface area contributed by atoms with Crippen LogP contribution in [0.5, 0.6) is 0 Å². The Morgan fingerprint density at radius 3 is 2.91 bits per heavy atom. The molecule has 2 aromatic rings. The molecule has 2 saturated heterocycles. The summed E-state index contributed by atoms with van der Waals surface area (Å²) in [7, 11) is 0. The molecule has 1 atom stereocenters. The number of halogens is 1. The lowest BCUT2D eigenvalue weighted by molar-refractivity contribution is -0.124. The molecule has 0 radical (unpaired) electrons. The fraction of sp³-hybridized carbons (Fsp3) is 0.333. The molecule has 0 aliphatic carbocycles. The molecule has 1 aromatic heterocycles. The summed E-state index contributed by atoms with van der Waals surface area (Å²) < 4.78 is 1.10. The Morgan fingerprint density at radius 2 is 2.13 bits per heavy atom. The molecular weight excluding hydrogens is 409 g/mol. The molecule has 8 heteroatoms. The first-order valence-electron chi connectivity index (χ1n) is 7.36. The van der Waals surface area contributed by atoms with Gasteiger partial charge in [-0.2, -0.15) is 0 Å². The van der Waals surface area contributed by atoms with Crippen LogP contribution in [-0.4, -0.2) is 40.5 Å². The molecule has 0 bridgehead atoms. The van der Waals surface area contributed by atoms with Gasteiger partial charge in [0.1, 0.15) is 17.7 Å². The van der Waals surface area contributed by atoms with Crippen LogP contribution in [0.3, 0.4) is 0 Å². The number of carbonyl (C=O) groups excluding carboxylic acids is 2. The fourth-order valence-corrected chi connectivity index (χ4v) is 3.81. The van der Waals surface area contributed by atoms with Gasteiger partial charge in [-0.3, -0.25) is 10.1 Å². The molecule has 2 aliphatic heterocycles. The third-order valence-corrected chi connectivity index (χ3v) is 5.05. The topological polar surface area (TPSA) is 87.2 Å². The third kappa shape index (κ3) is 2.41. The van der Waals surface area contributed by atoms with E-state index in [9.17, 15) is 9.59 Å². The van der Waals surface area contributed by atoms with E-state index in [1.54, 1.807) is 6.33 Å². The van der Waals surface area contributed by atoms with E-state index < -0.39 is 11.6 Å². The molecule has 1 spiro atoms. The number of nitrogens with zero attached hydrogens (tertiary/aromatic N) is 3. The Balaban J connectivity index is 1.75. The van der Waals surface area contributed by atoms with E-state index in [1.165, 1.54) is 0 Å². The maximum absolute atomic E-state index is 12.2. The van der Waals surface area contributed by atoms with Crippen molar-refractivity contribution >= 4 is 51.2 Å². The van der Waals surface area contributed by atoms with Gasteiger partial charge in [0.05, 0.1) is 12.1 Å². The van der Waals surface area contributed by atoms with Crippen LogP contribution in [0.4, 0.5) is 10.6 Å². The largest absolute Gasteiger partial charge is 0.353 e. The molecule has 1 aromatic carbocycles. The van der Waals surface area contributed by atoms with Crippen molar-refractivity contribution < 1.29 is 9.59 Å². The van der Waals surface area contributed by atoms with Gasteiger partial charge < -0.3 is 10.2 Å². The number of hydrogen-bond donors (Lipinski definition) is 2. The van der Waals surface area contributed by atoms with E-state index in [2.05, 4.69) is 48.1 Å². The van der Waals surface area contributed by atoms with E-state index in [-0.39, 0.29) is 5.91 Å². The van der Waals surface area contributed by atoms with Crippen LogP contribution in [0.25, 0.3) is 10.9 Å². The van der Waals surface area contributed by atoms with E-state index in [0.29, 0.717) is 13.0 Å². The number of piperidine rings is 1. The maximum atomic E-state index is 12.2. The first kappa shape index (κ1) is 14.6. The summed E-state index contributed by atoms with van der Waals surface area (Å²) in [6.45, 7) is 1.21. The number of amides is 3. The molecule has 3 heterocycles. The number of carbonyl (C=O) groups is 2. The monoisotopic (exact) mass is 423 g/mol. The number of hydrogen-bond acceptors (Lipinski definition) is 5. The minimum Gasteiger partial charge on any atom is -0.353 e. The molecule has 2 fully saturated rings. The van der Waals surface area contributed by atoms with Crippen LogP contribution in [0, 0.1) is 3.57 Å². The van der Waals surface area contributed by atoms with E-state index in [0.717, 1.165) is 33.3 Å². The van der Waals surface area contributed by atoms with Crippen LogP contribution in [0.1, 0.15) is 12.8 Å². The zero-order chi connectivity index (χ0) is 16.0. The number of aromatic nitrogens is 2. The summed E-state index contributed by atoms with van der Waals surface area (Å²) in [5.74, 6) is 0.557. The summed E-state index contributed by atoms with van der Waals surface area (Å²) >= 11 is 2.26. The Kier molecular flexibility index (Phi) is 3.36. The van der Waals surface area contributed by atoms with E-state index in [4.69, 9.17) is 0 Å². The summed E-state index contributed by atoms with van der Waals surface area (Å²) in [5.41, 5.74) is 0.0177. The highest BCUT2D eigenvalue weighted by molar-refractivity contribution is 14.1. The average molecular weight is 423 g/mol. The van der Waals surface area contributed by atoms with Gasteiger partial charge >= 0.3 is 6.03 Å². The lowest BCUT2D eigenvalue weighted by Crippen LogP contribution is -2.58. The second-order valence-corrected chi connectivity index (χ2v) is 7.12. The summed E-state index contributed by atoms with van der Waals surface area (Å²) in [6.07, 6.45) is 2.99.